The van der Waals surface area contributed by atoms with E-state index in [1.54, 1.807) is 0 Å². The molecule has 1 unspecified atom stereocenters. The van der Waals surface area contributed by atoms with Gasteiger partial charge in [-0.1, -0.05) is 78.9 Å². The van der Waals surface area contributed by atoms with Crippen LogP contribution in [0.5, 0.6) is 0 Å². The molecule has 1 aliphatic rings. The number of pyridine rings is 1. The smallest absolute Gasteiger partial charge is 0.0438 e. The van der Waals surface area contributed by atoms with E-state index in [1.165, 1.54) is 29.1 Å². The molecule has 0 N–H and O–H groups in total. The van der Waals surface area contributed by atoms with E-state index in [-0.39, 0.29) is 0 Å². The maximum atomic E-state index is 4.53. The van der Waals surface area contributed by atoms with Crippen molar-refractivity contribution >= 4 is 18.5 Å². The maximum absolute atomic E-state index is 4.53. The zero-order chi connectivity index (χ0) is 19.9. The first-order chi connectivity index (χ1) is 14.3. The summed E-state index contributed by atoms with van der Waals surface area (Å²) in [5.74, 6) is 1.08. The lowest BCUT2D eigenvalue weighted by atomic mass is 10.1. The Kier molecular flexibility index (Phi) is 6.87. The van der Waals surface area contributed by atoms with Crippen LogP contribution in [0.3, 0.4) is 0 Å². The van der Waals surface area contributed by atoms with Crippen molar-refractivity contribution in [2.75, 3.05) is 13.6 Å². The van der Waals surface area contributed by atoms with Gasteiger partial charge in [0, 0.05) is 30.6 Å². The molecule has 0 saturated carbocycles. The number of aromatic nitrogens is 1. The van der Waals surface area contributed by atoms with E-state index < -0.39 is 7.92 Å². The summed E-state index contributed by atoms with van der Waals surface area (Å²) in [7, 11) is 1.82. The van der Waals surface area contributed by atoms with Crippen LogP contribution in [0.15, 0.2) is 97.2 Å². The van der Waals surface area contributed by atoms with Gasteiger partial charge >= 0.3 is 0 Å². The van der Waals surface area contributed by atoms with E-state index in [1.807, 2.05) is 12.3 Å². The Labute approximate surface area is 176 Å². The van der Waals surface area contributed by atoms with Gasteiger partial charge in [-0.2, -0.15) is 0 Å². The molecule has 1 aromatic heterocycles. The zero-order valence-electron chi connectivity index (χ0n) is 17.1. The molecule has 0 radical (unpaired) electrons. The highest BCUT2D eigenvalue weighted by Gasteiger charge is 2.34. The lowest BCUT2D eigenvalue weighted by Gasteiger charge is -2.39. The van der Waals surface area contributed by atoms with Gasteiger partial charge < -0.3 is 0 Å². The SMILES string of the molecule is CN(CCc1ccccn1)C([C@H]1C=CCC1)P(c1ccccc1)c1ccccc1. The van der Waals surface area contributed by atoms with Crippen LogP contribution < -0.4 is 10.6 Å². The van der Waals surface area contributed by atoms with Crippen molar-refractivity contribution in [3.63, 3.8) is 0 Å². The lowest BCUT2D eigenvalue weighted by molar-refractivity contribution is 0.268. The van der Waals surface area contributed by atoms with Gasteiger partial charge in [-0.15, -0.1) is 0 Å². The Morgan fingerprint density at radius 1 is 0.931 bits per heavy atom. The average molecular weight is 401 g/mol. The van der Waals surface area contributed by atoms with Crippen LogP contribution in [0.2, 0.25) is 0 Å². The van der Waals surface area contributed by atoms with E-state index in [0.717, 1.165) is 13.0 Å². The van der Waals surface area contributed by atoms with Gasteiger partial charge in [-0.05, 0) is 56.5 Å². The van der Waals surface area contributed by atoms with Gasteiger partial charge in [0.1, 0.15) is 0 Å². The summed E-state index contributed by atoms with van der Waals surface area (Å²) in [6, 6.07) is 28.5. The molecule has 148 valence electrons. The molecule has 0 bridgehead atoms. The van der Waals surface area contributed by atoms with E-state index in [9.17, 15) is 0 Å². The Bertz CT molecular complexity index is 856. The topological polar surface area (TPSA) is 16.1 Å². The maximum Gasteiger partial charge on any atom is 0.0438 e. The van der Waals surface area contributed by atoms with Gasteiger partial charge in [0.15, 0.2) is 0 Å². The number of rotatable bonds is 8. The number of hydrogen-bond acceptors (Lipinski definition) is 2. The molecule has 2 atom stereocenters. The molecule has 0 fully saturated rings. The Balaban J connectivity index is 1.66. The summed E-state index contributed by atoms with van der Waals surface area (Å²) in [5, 5.41) is 2.92. The van der Waals surface area contributed by atoms with Crippen molar-refractivity contribution in [2.24, 2.45) is 5.92 Å². The second-order valence-electron chi connectivity index (χ2n) is 7.68. The molecular formula is C26H29N2P. The number of nitrogens with zero attached hydrogens (tertiary/aromatic N) is 2. The second kappa shape index (κ2) is 9.96. The Morgan fingerprint density at radius 3 is 2.14 bits per heavy atom. The third-order valence-electron chi connectivity index (χ3n) is 5.66. The summed E-state index contributed by atoms with van der Waals surface area (Å²) in [5.41, 5.74) is 1.17. The van der Waals surface area contributed by atoms with Crippen molar-refractivity contribution < 1.29 is 0 Å². The van der Waals surface area contributed by atoms with Crippen LogP contribution in [0, 0.1) is 5.92 Å². The third kappa shape index (κ3) is 5.01. The van der Waals surface area contributed by atoms with Crippen molar-refractivity contribution in [1.29, 1.82) is 0 Å². The highest BCUT2D eigenvalue weighted by atomic mass is 31.1. The van der Waals surface area contributed by atoms with Crippen LogP contribution >= 0.6 is 7.92 Å². The first kappa shape index (κ1) is 20.0. The lowest BCUT2D eigenvalue weighted by Crippen LogP contribution is -2.41. The molecule has 2 nitrogen and oxygen atoms in total. The third-order valence-corrected chi connectivity index (χ3v) is 8.68. The van der Waals surface area contributed by atoms with Crippen LogP contribution in [0.25, 0.3) is 0 Å². The molecule has 0 aliphatic heterocycles. The number of likely N-dealkylation sites (N-methyl/N-ethyl adjacent to an activating group) is 1. The summed E-state index contributed by atoms with van der Waals surface area (Å²) >= 11 is 0. The Morgan fingerprint density at radius 2 is 1.59 bits per heavy atom. The van der Waals surface area contributed by atoms with Gasteiger partial charge in [0.05, 0.1) is 0 Å². The van der Waals surface area contributed by atoms with E-state index in [4.69, 9.17) is 0 Å². The van der Waals surface area contributed by atoms with Gasteiger partial charge in [0.25, 0.3) is 0 Å². The van der Waals surface area contributed by atoms with Gasteiger partial charge in [0.2, 0.25) is 0 Å². The molecular weight excluding hydrogens is 371 g/mol. The van der Waals surface area contributed by atoms with Gasteiger partial charge in [-0.25, -0.2) is 0 Å². The van der Waals surface area contributed by atoms with E-state index in [0.29, 0.717) is 11.7 Å². The van der Waals surface area contributed by atoms with E-state index >= 15 is 0 Å². The predicted octanol–water partition coefficient (Wildman–Crippen LogP) is 4.98. The van der Waals surface area contributed by atoms with Crippen molar-refractivity contribution in [2.45, 2.75) is 25.0 Å². The Hall–Kier alpha value is -2.28. The summed E-state index contributed by atoms with van der Waals surface area (Å²) in [6.07, 6.45) is 10.2. The minimum Gasteiger partial charge on any atom is -0.298 e. The number of benzene rings is 2. The standard InChI is InChI=1S/C26H29N2P/c1-28(21-19-23-14-10-11-20-27-23)26(22-12-8-9-13-22)29(24-15-4-2-5-16-24)25-17-6-3-7-18-25/h2-8,10-12,14-18,20,22,26H,9,13,19,21H2,1H3/t22-,26?/m0/s1. The van der Waals surface area contributed by atoms with Crippen LogP contribution in [0.1, 0.15) is 18.5 Å². The normalized spacial score (nSPS) is 17.1. The fourth-order valence-electron chi connectivity index (χ4n) is 4.22. The monoisotopic (exact) mass is 400 g/mol. The fourth-order valence-corrected chi connectivity index (χ4v) is 7.26. The zero-order valence-corrected chi connectivity index (χ0v) is 18.0. The molecule has 1 heterocycles. The molecule has 29 heavy (non-hydrogen) atoms. The minimum absolute atomic E-state index is 0.484. The first-order valence-corrected chi connectivity index (χ1v) is 11.9. The van der Waals surface area contributed by atoms with Crippen LogP contribution in [-0.4, -0.2) is 29.3 Å². The van der Waals surface area contributed by atoms with Crippen LogP contribution in [0.4, 0.5) is 0 Å². The first-order valence-electron chi connectivity index (χ1n) is 10.5. The summed E-state index contributed by atoms with van der Waals surface area (Å²) < 4.78 is 0. The van der Waals surface area contributed by atoms with E-state index in [2.05, 4.69) is 102 Å². The molecule has 2 aromatic carbocycles. The molecule has 0 saturated heterocycles. The largest absolute Gasteiger partial charge is 0.298 e. The summed E-state index contributed by atoms with van der Waals surface area (Å²) in [4.78, 5) is 7.13. The predicted molar refractivity (Wildman–Crippen MR) is 125 cm³/mol. The molecule has 0 amide bonds. The minimum atomic E-state index is -0.491. The van der Waals surface area contributed by atoms with Crippen molar-refractivity contribution in [3.05, 3.63) is 103 Å². The highest BCUT2D eigenvalue weighted by molar-refractivity contribution is 7.73. The summed E-state index contributed by atoms with van der Waals surface area (Å²) in [6.45, 7) is 1.02. The number of hydrogen-bond donors (Lipinski definition) is 0. The molecule has 0 spiro atoms. The van der Waals surface area contributed by atoms with Gasteiger partial charge in [-0.3, -0.25) is 9.88 Å². The van der Waals surface area contributed by atoms with Crippen molar-refractivity contribution in [3.8, 4) is 0 Å². The highest BCUT2D eigenvalue weighted by Crippen LogP contribution is 2.47. The quantitative estimate of drug-likeness (QED) is 0.392. The fraction of sp³-hybridized carbons (Fsp3) is 0.269. The average Bonchev–Trinajstić information content (AvgIpc) is 3.32. The molecule has 4 rings (SSSR count). The number of allylic oxidation sites excluding steroid dienone is 1. The molecule has 3 heteroatoms. The van der Waals surface area contributed by atoms with Crippen LogP contribution in [-0.2, 0) is 6.42 Å². The van der Waals surface area contributed by atoms with Crippen molar-refractivity contribution in [1.82, 2.24) is 9.88 Å². The second-order valence-corrected chi connectivity index (χ2v) is 9.98. The molecule has 3 aromatic rings. The molecule has 1 aliphatic carbocycles.